The smallest absolute Gasteiger partial charge is 0.246 e. The Morgan fingerprint density at radius 2 is 2.00 bits per heavy atom. The molecule has 112 valence electrons. The van der Waals surface area contributed by atoms with Crippen molar-refractivity contribution >= 4 is 11.8 Å². The monoisotopic (exact) mass is 280 g/mol. The van der Waals surface area contributed by atoms with Crippen LogP contribution in [0.25, 0.3) is 0 Å². The zero-order chi connectivity index (χ0) is 14.3. The third-order valence-electron chi connectivity index (χ3n) is 4.80. The summed E-state index contributed by atoms with van der Waals surface area (Å²) in [5.74, 6) is 0.383. The molecule has 1 N–H and O–H groups in total. The van der Waals surface area contributed by atoms with Crippen LogP contribution in [0.5, 0.6) is 0 Å². The van der Waals surface area contributed by atoms with E-state index < -0.39 is 5.54 Å². The molecule has 2 unspecified atom stereocenters. The van der Waals surface area contributed by atoms with Gasteiger partial charge < -0.3 is 15.0 Å². The maximum atomic E-state index is 12.7. The minimum Gasteiger partial charge on any atom is -0.376 e. The zero-order valence-electron chi connectivity index (χ0n) is 12.4. The van der Waals surface area contributed by atoms with Crippen LogP contribution < -0.4 is 5.32 Å². The predicted molar refractivity (Wildman–Crippen MR) is 74.0 cm³/mol. The Hall–Kier alpha value is -1.10. The van der Waals surface area contributed by atoms with E-state index in [-0.39, 0.29) is 24.0 Å². The van der Waals surface area contributed by atoms with Crippen LogP contribution in [-0.2, 0) is 14.3 Å². The number of rotatable bonds is 3. The Labute approximate surface area is 120 Å². The summed E-state index contributed by atoms with van der Waals surface area (Å²) in [6.07, 6.45) is 5.40. The molecule has 1 saturated carbocycles. The van der Waals surface area contributed by atoms with E-state index in [9.17, 15) is 9.59 Å². The molecule has 1 aliphatic carbocycles. The number of piperazine rings is 1. The number of amides is 2. The lowest BCUT2D eigenvalue weighted by Gasteiger charge is -2.46. The summed E-state index contributed by atoms with van der Waals surface area (Å²) in [5, 5.41) is 2.91. The van der Waals surface area contributed by atoms with Gasteiger partial charge in [-0.2, -0.15) is 0 Å². The molecule has 3 aliphatic rings. The zero-order valence-corrected chi connectivity index (χ0v) is 12.4. The molecule has 2 heterocycles. The van der Waals surface area contributed by atoms with Crippen LogP contribution in [0.15, 0.2) is 0 Å². The second-order valence-electron chi connectivity index (χ2n) is 6.79. The summed E-state index contributed by atoms with van der Waals surface area (Å²) in [5.41, 5.74) is -0.775. The highest BCUT2D eigenvalue weighted by Crippen LogP contribution is 2.37. The molecule has 5 nitrogen and oxygen atoms in total. The van der Waals surface area contributed by atoms with Gasteiger partial charge in [-0.05, 0) is 51.9 Å². The summed E-state index contributed by atoms with van der Waals surface area (Å²) < 4.78 is 5.74. The van der Waals surface area contributed by atoms with Crippen LogP contribution in [0, 0.1) is 5.92 Å². The van der Waals surface area contributed by atoms with Gasteiger partial charge >= 0.3 is 0 Å². The molecule has 0 radical (unpaired) electrons. The SMILES string of the molecule is CC1(C)C(=O)NC(C2CC2)C(=O)N1CC1CCCCO1. The molecule has 2 saturated heterocycles. The highest BCUT2D eigenvalue weighted by molar-refractivity contribution is 5.99. The largest absolute Gasteiger partial charge is 0.376 e. The van der Waals surface area contributed by atoms with Gasteiger partial charge in [0, 0.05) is 13.2 Å². The van der Waals surface area contributed by atoms with Crippen molar-refractivity contribution in [3.05, 3.63) is 0 Å². The average molecular weight is 280 g/mol. The Kier molecular flexibility index (Phi) is 3.48. The Balaban J connectivity index is 1.76. The van der Waals surface area contributed by atoms with Crippen molar-refractivity contribution in [3.63, 3.8) is 0 Å². The molecule has 2 amide bonds. The van der Waals surface area contributed by atoms with Gasteiger partial charge in [0.15, 0.2) is 0 Å². The maximum absolute atomic E-state index is 12.7. The quantitative estimate of drug-likeness (QED) is 0.841. The summed E-state index contributed by atoms with van der Waals surface area (Å²) >= 11 is 0. The second kappa shape index (κ2) is 5.02. The average Bonchev–Trinajstić information content (AvgIpc) is 3.25. The summed E-state index contributed by atoms with van der Waals surface area (Å²) in [7, 11) is 0. The molecular weight excluding hydrogens is 256 g/mol. The molecule has 0 aromatic rings. The van der Waals surface area contributed by atoms with Crippen LogP contribution in [0.2, 0.25) is 0 Å². The van der Waals surface area contributed by atoms with Crippen molar-refractivity contribution in [2.75, 3.05) is 13.2 Å². The normalized spacial score (nSPS) is 34.0. The van der Waals surface area contributed by atoms with E-state index in [1.807, 2.05) is 13.8 Å². The lowest BCUT2D eigenvalue weighted by Crippen LogP contribution is -2.69. The molecule has 20 heavy (non-hydrogen) atoms. The first kappa shape index (κ1) is 13.9. The highest BCUT2D eigenvalue weighted by atomic mass is 16.5. The van der Waals surface area contributed by atoms with Gasteiger partial charge in [0.25, 0.3) is 0 Å². The van der Waals surface area contributed by atoms with Crippen LogP contribution >= 0.6 is 0 Å². The highest BCUT2D eigenvalue weighted by Gasteiger charge is 2.51. The Morgan fingerprint density at radius 3 is 2.60 bits per heavy atom. The van der Waals surface area contributed by atoms with Crippen LogP contribution in [0.3, 0.4) is 0 Å². The fraction of sp³-hybridized carbons (Fsp3) is 0.867. The Morgan fingerprint density at radius 1 is 1.25 bits per heavy atom. The van der Waals surface area contributed by atoms with E-state index in [1.54, 1.807) is 4.90 Å². The standard InChI is InChI=1S/C15H24N2O3/c1-15(2)14(19)16-12(10-6-7-10)13(18)17(15)9-11-5-3-4-8-20-11/h10-12H,3-9H2,1-2H3,(H,16,19). The topological polar surface area (TPSA) is 58.6 Å². The van der Waals surface area contributed by atoms with Crippen LogP contribution in [0.4, 0.5) is 0 Å². The van der Waals surface area contributed by atoms with E-state index in [1.165, 1.54) is 0 Å². The van der Waals surface area contributed by atoms with Gasteiger partial charge in [-0.1, -0.05) is 0 Å². The molecule has 0 aromatic carbocycles. The van der Waals surface area contributed by atoms with E-state index in [0.29, 0.717) is 12.5 Å². The van der Waals surface area contributed by atoms with Crippen molar-refractivity contribution in [1.29, 1.82) is 0 Å². The first-order valence-electron chi connectivity index (χ1n) is 7.74. The molecule has 2 atom stereocenters. The third-order valence-corrected chi connectivity index (χ3v) is 4.80. The molecule has 3 rings (SSSR count). The van der Waals surface area contributed by atoms with Crippen molar-refractivity contribution in [1.82, 2.24) is 10.2 Å². The lowest BCUT2D eigenvalue weighted by molar-refractivity contribution is -0.159. The second-order valence-corrected chi connectivity index (χ2v) is 6.79. The van der Waals surface area contributed by atoms with E-state index >= 15 is 0 Å². The fourth-order valence-electron chi connectivity index (χ4n) is 3.17. The van der Waals surface area contributed by atoms with Crippen molar-refractivity contribution in [3.8, 4) is 0 Å². The van der Waals surface area contributed by atoms with Gasteiger partial charge in [0.2, 0.25) is 11.8 Å². The lowest BCUT2D eigenvalue weighted by atomic mass is 9.93. The van der Waals surface area contributed by atoms with E-state index in [4.69, 9.17) is 4.74 Å². The third kappa shape index (κ3) is 2.43. The van der Waals surface area contributed by atoms with E-state index in [0.717, 1.165) is 38.7 Å². The number of nitrogens with one attached hydrogen (secondary N) is 1. The predicted octanol–water partition coefficient (Wildman–Crippen LogP) is 1.07. The number of nitrogens with zero attached hydrogens (tertiary/aromatic N) is 1. The first-order chi connectivity index (χ1) is 9.50. The minimum atomic E-state index is -0.775. The van der Waals surface area contributed by atoms with Gasteiger partial charge in [-0.3, -0.25) is 9.59 Å². The van der Waals surface area contributed by atoms with Crippen molar-refractivity contribution in [2.24, 2.45) is 5.92 Å². The molecule has 5 heteroatoms. The van der Waals surface area contributed by atoms with Gasteiger partial charge in [0.05, 0.1) is 6.10 Å². The van der Waals surface area contributed by atoms with Crippen LogP contribution in [0.1, 0.15) is 46.0 Å². The molecule has 0 spiro atoms. The number of hydrogen-bond donors (Lipinski definition) is 1. The molecular formula is C15H24N2O3. The Bertz CT molecular complexity index is 411. The summed E-state index contributed by atoms with van der Waals surface area (Å²) in [6.45, 7) is 4.96. The molecule has 3 fully saturated rings. The minimum absolute atomic E-state index is 0.0372. The van der Waals surface area contributed by atoms with E-state index in [2.05, 4.69) is 5.32 Å². The molecule has 0 aromatic heterocycles. The fourth-order valence-corrected chi connectivity index (χ4v) is 3.17. The van der Waals surface area contributed by atoms with Crippen LogP contribution in [-0.4, -0.2) is 47.6 Å². The molecule has 0 bridgehead atoms. The summed E-state index contributed by atoms with van der Waals surface area (Å²) in [6, 6.07) is -0.306. The van der Waals surface area contributed by atoms with Gasteiger partial charge in [-0.15, -0.1) is 0 Å². The number of carbonyl (C=O) groups excluding carboxylic acids is 2. The molecule has 2 aliphatic heterocycles. The summed E-state index contributed by atoms with van der Waals surface area (Å²) in [4.78, 5) is 26.8. The van der Waals surface area contributed by atoms with Crippen molar-refractivity contribution < 1.29 is 14.3 Å². The number of ether oxygens (including phenoxy) is 1. The number of hydrogen-bond acceptors (Lipinski definition) is 3. The van der Waals surface area contributed by atoms with Gasteiger partial charge in [0.1, 0.15) is 11.6 Å². The first-order valence-corrected chi connectivity index (χ1v) is 7.74. The maximum Gasteiger partial charge on any atom is 0.246 e. The number of carbonyl (C=O) groups is 2. The van der Waals surface area contributed by atoms with Crippen molar-refractivity contribution in [2.45, 2.75) is 63.6 Å². The van der Waals surface area contributed by atoms with Gasteiger partial charge in [-0.25, -0.2) is 0 Å².